The molecule has 9 heteroatoms. The van der Waals surface area contributed by atoms with Gasteiger partial charge in [0.1, 0.15) is 11.8 Å². The monoisotopic (exact) mass is 502 g/mol. The second kappa shape index (κ2) is 9.67. The van der Waals surface area contributed by atoms with E-state index < -0.39 is 12.0 Å². The number of thiazole rings is 1. The molecule has 0 unspecified atom stereocenters. The molecule has 1 aliphatic rings. The lowest BCUT2D eigenvalue weighted by Crippen LogP contribution is -2.39. The number of hydrogen-bond acceptors (Lipinski definition) is 7. The van der Waals surface area contributed by atoms with Crippen LogP contribution in [0.5, 0.6) is 5.75 Å². The molecular formula is C24H23ClN2O4S2. The van der Waals surface area contributed by atoms with Crippen LogP contribution in [-0.2, 0) is 9.53 Å². The maximum absolute atomic E-state index is 13.6. The third-order valence-electron chi connectivity index (χ3n) is 4.95. The Morgan fingerprint density at radius 2 is 2.12 bits per heavy atom. The van der Waals surface area contributed by atoms with Crippen molar-refractivity contribution in [2.24, 2.45) is 4.99 Å². The molecular weight excluding hydrogens is 480 g/mol. The number of aromatic nitrogens is 1. The predicted molar refractivity (Wildman–Crippen MR) is 132 cm³/mol. The molecule has 0 amide bonds. The Hall–Kier alpha value is -2.68. The number of halogens is 1. The van der Waals surface area contributed by atoms with Gasteiger partial charge in [-0.15, -0.1) is 11.3 Å². The summed E-state index contributed by atoms with van der Waals surface area (Å²) >= 11 is 8.97. The number of rotatable bonds is 6. The third kappa shape index (κ3) is 4.69. The molecule has 6 nitrogen and oxygen atoms in total. The van der Waals surface area contributed by atoms with Gasteiger partial charge in [0, 0.05) is 15.5 Å². The van der Waals surface area contributed by atoms with E-state index >= 15 is 0 Å². The molecule has 33 heavy (non-hydrogen) atoms. The Kier molecular flexibility index (Phi) is 6.88. The molecule has 1 aliphatic heterocycles. The lowest BCUT2D eigenvalue weighted by atomic mass is 10.0. The summed E-state index contributed by atoms with van der Waals surface area (Å²) in [6, 6.07) is 8.54. The smallest absolute Gasteiger partial charge is 0.338 e. The molecule has 0 radical (unpaired) electrons. The lowest BCUT2D eigenvalue weighted by molar-refractivity contribution is -0.139. The molecule has 0 saturated carbocycles. The minimum absolute atomic E-state index is 0.0341. The van der Waals surface area contributed by atoms with E-state index in [1.165, 1.54) is 22.7 Å². The number of fused-ring (bicyclic) bond motifs is 1. The molecule has 3 heterocycles. The van der Waals surface area contributed by atoms with Crippen molar-refractivity contribution in [3.63, 3.8) is 0 Å². The summed E-state index contributed by atoms with van der Waals surface area (Å²) in [4.78, 5) is 32.4. The molecule has 1 aromatic carbocycles. The number of allylic oxidation sites excluding steroid dienone is 1. The van der Waals surface area contributed by atoms with Crippen molar-refractivity contribution in [1.82, 2.24) is 4.57 Å². The Bertz CT molecular complexity index is 1400. The van der Waals surface area contributed by atoms with Crippen molar-refractivity contribution in [3.05, 3.63) is 82.1 Å². The highest BCUT2D eigenvalue weighted by Crippen LogP contribution is 2.33. The first-order valence-electron chi connectivity index (χ1n) is 10.5. The number of esters is 1. The Labute approximate surface area is 204 Å². The number of nitrogens with zero attached hydrogens (tertiary/aromatic N) is 2. The van der Waals surface area contributed by atoms with Gasteiger partial charge in [0.05, 0.1) is 28.5 Å². The van der Waals surface area contributed by atoms with Crippen LogP contribution >= 0.6 is 34.3 Å². The SMILES string of the molecule is CCOC(=O)C1=C(C)N=c2s/c(=C\c3cc(Cl)ccc3OC(C)C)c(=O)n2[C@@H]1c1cccs1. The minimum Gasteiger partial charge on any atom is -0.490 e. The number of ether oxygens (including phenoxy) is 2. The highest BCUT2D eigenvalue weighted by Gasteiger charge is 2.33. The van der Waals surface area contributed by atoms with E-state index in [-0.39, 0.29) is 18.3 Å². The number of benzene rings is 1. The molecule has 172 valence electrons. The number of hydrogen-bond donors (Lipinski definition) is 0. The van der Waals surface area contributed by atoms with E-state index in [0.717, 1.165) is 4.88 Å². The highest BCUT2D eigenvalue weighted by atomic mass is 35.5. The van der Waals surface area contributed by atoms with Crippen molar-refractivity contribution >= 4 is 46.3 Å². The van der Waals surface area contributed by atoms with Crippen molar-refractivity contribution in [2.75, 3.05) is 6.61 Å². The molecule has 4 rings (SSSR count). The summed E-state index contributed by atoms with van der Waals surface area (Å²) in [6.07, 6.45) is 1.73. The largest absolute Gasteiger partial charge is 0.490 e. The van der Waals surface area contributed by atoms with Crippen molar-refractivity contribution in [1.29, 1.82) is 0 Å². The van der Waals surface area contributed by atoms with Crippen LogP contribution in [0, 0.1) is 0 Å². The van der Waals surface area contributed by atoms with Crippen LogP contribution in [0.4, 0.5) is 0 Å². The molecule has 0 bridgehead atoms. The molecule has 3 aromatic rings. The fraction of sp³-hybridized carbons (Fsp3) is 0.292. The maximum Gasteiger partial charge on any atom is 0.338 e. The van der Waals surface area contributed by atoms with Crippen LogP contribution in [0.2, 0.25) is 5.02 Å². The van der Waals surface area contributed by atoms with Gasteiger partial charge in [-0.25, -0.2) is 9.79 Å². The Morgan fingerprint density at radius 1 is 1.33 bits per heavy atom. The Morgan fingerprint density at radius 3 is 2.79 bits per heavy atom. The van der Waals surface area contributed by atoms with Gasteiger partial charge in [0.15, 0.2) is 4.80 Å². The van der Waals surface area contributed by atoms with E-state index in [0.29, 0.717) is 36.9 Å². The predicted octanol–water partition coefficient (Wildman–Crippen LogP) is 4.30. The average molecular weight is 503 g/mol. The van der Waals surface area contributed by atoms with Crippen LogP contribution in [0.1, 0.15) is 44.2 Å². The summed E-state index contributed by atoms with van der Waals surface area (Å²) in [5.41, 5.74) is 1.40. The second-order valence-corrected chi connectivity index (χ2v) is 10.1. The van der Waals surface area contributed by atoms with Gasteiger partial charge in [-0.05, 0) is 63.4 Å². The molecule has 0 aliphatic carbocycles. The van der Waals surface area contributed by atoms with Crippen LogP contribution in [0.25, 0.3) is 6.08 Å². The topological polar surface area (TPSA) is 69.9 Å². The van der Waals surface area contributed by atoms with Gasteiger partial charge in [-0.3, -0.25) is 9.36 Å². The van der Waals surface area contributed by atoms with E-state index in [4.69, 9.17) is 21.1 Å². The van der Waals surface area contributed by atoms with Gasteiger partial charge < -0.3 is 9.47 Å². The molecule has 0 saturated heterocycles. The first-order valence-corrected chi connectivity index (χ1v) is 12.6. The second-order valence-electron chi connectivity index (χ2n) is 7.67. The van der Waals surface area contributed by atoms with Gasteiger partial charge >= 0.3 is 5.97 Å². The minimum atomic E-state index is -0.590. The van der Waals surface area contributed by atoms with Gasteiger partial charge in [0.2, 0.25) is 0 Å². The van der Waals surface area contributed by atoms with E-state index in [1.807, 2.05) is 31.4 Å². The van der Waals surface area contributed by atoms with Gasteiger partial charge in [-0.2, -0.15) is 0 Å². The lowest BCUT2D eigenvalue weighted by Gasteiger charge is -2.23. The highest BCUT2D eigenvalue weighted by molar-refractivity contribution is 7.10. The summed E-state index contributed by atoms with van der Waals surface area (Å²) in [5.74, 6) is 0.173. The number of carbonyl (C=O) groups is 1. The third-order valence-corrected chi connectivity index (χ3v) is 7.09. The normalized spacial score (nSPS) is 16.1. The first kappa shape index (κ1) is 23.5. The van der Waals surface area contributed by atoms with E-state index in [9.17, 15) is 9.59 Å². The van der Waals surface area contributed by atoms with Crippen LogP contribution < -0.4 is 19.6 Å². The van der Waals surface area contributed by atoms with Gasteiger partial charge in [0.25, 0.3) is 5.56 Å². The van der Waals surface area contributed by atoms with Gasteiger partial charge in [-0.1, -0.05) is 29.0 Å². The number of carbonyl (C=O) groups excluding carboxylic acids is 1. The van der Waals surface area contributed by atoms with E-state index in [2.05, 4.69) is 4.99 Å². The van der Waals surface area contributed by atoms with Crippen molar-refractivity contribution in [3.8, 4) is 5.75 Å². The zero-order valence-corrected chi connectivity index (χ0v) is 21.0. The Balaban J connectivity index is 1.93. The van der Waals surface area contributed by atoms with E-state index in [1.54, 1.807) is 42.7 Å². The molecule has 0 fully saturated rings. The first-order chi connectivity index (χ1) is 15.8. The molecule has 0 spiro atoms. The zero-order chi connectivity index (χ0) is 23.7. The summed E-state index contributed by atoms with van der Waals surface area (Å²) in [6.45, 7) is 7.64. The zero-order valence-electron chi connectivity index (χ0n) is 18.6. The quantitative estimate of drug-likeness (QED) is 0.471. The summed E-state index contributed by atoms with van der Waals surface area (Å²) in [7, 11) is 0. The summed E-state index contributed by atoms with van der Waals surface area (Å²) < 4.78 is 13.3. The molecule has 0 N–H and O–H groups in total. The van der Waals surface area contributed by atoms with Crippen LogP contribution in [-0.4, -0.2) is 23.2 Å². The van der Waals surface area contributed by atoms with Crippen LogP contribution in [0.3, 0.4) is 0 Å². The molecule has 1 atom stereocenters. The maximum atomic E-state index is 13.6. The fourth-order valence-electron chi connectivity index (χ4n) is 3.64. The average Bonchev–Trinajstić information content (AvgIpc) is 3.38. The van der Waals surface area contributed by atoms with Crippen molar-refractivity contribution < 1.29 is 14.3 Å². The number of thiophene rings is 1. The fourth-order valence-corrected chi connectivity index (χ4v) is 5.68. The van der Waals surface area contributed by atoms with Crippen LogP contribution in [0.15, 0.2) is 56.8 Å². The summed E-state index contributed by atoms with van der Waals surface area (Å²) in [5, 5.41) is 2.46. The van der Waals surface area contributed by atoms with Crippen molar-refractivity contribution in [2.45, 2.75) is 39.8 Å². The molecule has 2 aromatic heterocycles. The standard InChI is InChI=1S/C24H23ClN2O4S2/c1-5-30-23(29)20-14(4)26-24-27(21(20)18-7-6-10-32-18)22(28)19(33-24)12-15-11-16(25)8-9-17(15)31-13(2)3/h6-13,21H,5H2,1-4H3/b19-12-/t21-/m1/s1.